The van der Waals surface area contributed by atoms with Gasteiger partial charge in [0.15, 0.2) is 0 Å². The highest BCUT2D eigenvalue weighted by atomic mass is 79.9. The van der Waals surface area contributed by atoms with Crippen LogP contribution in [0.2, 0.25) is 0 Å². The number of alkyl halides is 1. The van der Waals surface area contributed by atoms with Crippen LogP contribution < -0.4 is 4.74 Å². The summed E-state index contributed by atoms with van der Waals surface area (Å²) in [6.07, 6.45) is 9.53. The minimum Gasteiger partial charge on any atom is -0.493 e. The standard InChI is InChI=1S/C16H21BrO/c17-15(10-12-4-2-1-3-5-12)13-6-7-16-14(11-13)8-9-18-16/h6-7,11-12,15H,1-5,8-10H2. The average Bonchev–Trinajstić information content (AvgIpc) is 2.87. The van der Waals surface area contributed by atoms with E-state index in [0.29, 0.717) is 4.83 Å². The molecule has 1 aromatic rings. The van der Waals surface area contributed by atoms with Gasteiger partial charge in [-0.2, -0.15) is 0 Å². The lowest BCUT2D eigenvalue weighted by molar-refractivity contribution is 0.338. The van der Waals surface area contributed by atoms with Gasteiger partial charge < -0.3 is 4.74 Å². The van der Waals surface area contributed by atoms with Crippen LogP contribution in [0.5, 0.6) is 5.75 Å². The van der Waals surface area contributed by atoms with Gasteiger partial charge in [0.05, 0.1) is 6.61 Å². The van der Waals surface area contributed by atoms with Crippen LogP contribution in [0.3, 0.4) is 0 Å². The summed E-state index contributed by atoms with van der Waals surface area (Å²) in [5.74, 6) is 2.02. The lowest BCUT2D eigenvalue weighted by Crippen LogP contribution is -2.08. The van der Waals surface area contributed by atoms with Crippen LogP contribution >= 0.6 is 15.9 Å². The topological polar surface area (TPSA) is 9.23 Å². The van der Waals surface area contributed by atoms with E-state index in [0.717, 1.165) is 24.7 Å². The molecular weight excluding hydrogens is 288 g/mol. The Morgan fingerprint density at radius 1 is 1.22 bits per heavy atom. The Morgan fingerprint density at radius 3 is 2.89 bits per heavy atom. The molecular formula is C16H21BrO. The third-order valence-corrected chi connectivity index (χ3v) is 5.24. The minimum absolute atomic E-state index is 0.520. The van der Waals surface area contributed by atoms with E-state index in [-0.39, 0.29) is 0 Å². The molecule has 1 nitrogen and oxygen atoms in total. The summed E-state index contributed by atoms with van der Waals surface area (Å²) in [5, 5.41) is 0. The molecule has 0 aromatic heterocycles. The van der Waals surface area contributed by atoms with E-state index in [1.807, 2.05) is 0 Å². The Bertz CT molecular complexity index is 410. The number of fused-ring (bicyclic) bond motifs is 1. The van der Waals surface area contributed by atoms with Crippen molar-refractivity contribution in [1.82, 2.24) is 0 Å². The van der Waals surface area contributed by atoms with Gasteiger partial charge in [0.25, 0.3) is 0 Å². The van der Waals surface area contributed by atoms with Crippen LogP contribution in [0.15, 0.2) is 18.2 Å². The fraction of sp³-hybridized carbons (Fsp3) is 0.625. The molecule has 0 spiro atoms. The Morgan fingerprint density at radius 2 is 2.06 bits per heavy atom. The molecule has 1 aliphatic heterocycles. The van der Waals surface area contributed by atoms with E-state index in [1.54, 1.807) is 0 Å². The number of hydrogen-bond donors (Lipinski definition) is 0. The summed E-state index contributed by atoms with van der Waals surface area (Å²) in [4.78, 5) is 0.520. The number of halogens is 1. The van der Waals surface area contributed by atoms with Crippen molar-refractivity contribution in [3.05, 3.63) is 29.3 Å². The van der Waals surface area contributed by atoms with E-state index in [9.17, 15) is 0 Å². The molecule has 1 aliphatic carbocycles. The molecule has 0 amide bonds. The summed E-state index contributed by atoms with van der Waals surface area (Å²) >= 11 is 3.89. The van der Waals surface area contributed by atoms with Crippen molar-refractivity contribution in [3.63, 3.8) is 0 Å². The fourth-order valence-corrected chi connectivity index (χ4v) is 4.07. The molecule has 1 fully saturated rings. The molecule has 2 heteroatoms. The first-order valence-corrected chi connectivity index (χ1v) is 8.14. The molecule has 18 heavy (non-hydrogen) atoms. The minimum atomic E-state index is 0.520. The first kappa shape index (κ1) is 12.5. The normalized spacial score (nSPS) is 21.4. The number of ether oxygens (including phenoxy) is 1. The van der Waals surface area contributed by atoms with Crippen molar-refractivity contribution in [2.45, 2.75) is 49.8 Å². The van der Waals surface area contributed by atoms with E-state index >= 15 is 0 Å². The molecule has 2 aliphatic rings. The van der Waals surface area contributed by atoms with Crippen LogP contribution in [-0.2, 0) is 6.42 Å². The zero-order chi connectivity index (χ0) is 12.4. The van der Waals surface area contributed by atoms with E-state index in [1.165, 1.54) is 49.7 Å². The molecule has 1 heterocycles. The van der Waals surface area contributed by atoms with Gasteiger partial charge in [0.1, 0.15) is 5.75 Å². The van der Waals surface area contributed by atoms with Crippen LogP contribution in [0.25, 0.3) is 0 Å². The molecule has 0 bridgehead atoms. The summed E-state index contributed by atoms with van der Waals surface area (Å²) in [6.45, 7) is 0.856. The smallest absolute Gasteiger partial charge is 0.122 e. The summed E-state index contributed by atoms with van der Waals surface area (Å²) in [7, 11) is 0. The second-order valence-electron chi connectivity index (χ2n) is 5.67. The Labute approximate surface area is 118 Å². The third kappa shape index (κ3) is 2.74. The van der Waals surface area contributed by atoms with Gasteiger partial charge in [0, 0.05) is 11.2 Å². The predicted octanol–water partition coefficient (Wildman–Crippen LogP) is 5.03. The Balaban J connectivity index is 1.66. The van der Waals surface area contributed by atoms with Gasteiger partial charge in [-0.25, -0.2) is 0 Å². The highest BCUT2D eigenvalue weighted by molar-refractivity contribution is 9.09. The average molecular weight is 309 g/mol. The maximum atomic E-state index is 5.57. The Kier molecular flexibility index (Phi) is 3.93. The third-order valence-electron chi connectivity index (χ3n) is 4.34. The molecule has 0 radical (unpaired) electrons. The van der Waals surface area contributed by atoms with Crippen molar-refractivity contribution in [2.75, 3.05) is 6.61 Å². The fourth-order valence-electron chi connectivity index (χ4n) is 3.25. The monoisotopic (exact) mass is 308 g/mol. The largest absolute Gasteiger partial charge is 0.493 e. The van der Waals surface area contributed by atoms with Gasteiger partial charge in [0.2, 0.25) is 0 Å². The zero-order valence-electron chi connectivity index (χ0n) is 10.8. The number of hydrogen-bond acceptors (Lipinski definition) is 1. The molecule has 1 aromatic carbocycles. The first-order valence-electron chi connectivity index (χ1n) is 7.22. The maximum Gasteiger partial charge on any atom is 0.122 e. The number of benzene rings is 1. The number of rotatable bonds is 3. The van der Waals surface area contributed by atoms with Crippen LogP contribution in [0.1, 0.15) is 54.5 Å². The van der Waals surface area contributed by atoms with E-state index < -0.39 is 0 Å². The molecule has 3 rings (SSSR count). The van der Waals surface area contributed by atoms with Crippen LogP contribution in [-0.4, -0.2) is 6.61 Å². The SMILES string of the molecule is BrC(CC1CCCCC1)c1ccc2c(c1)CCO2. The van der Waals surface area contributed by atoms with Crippen molar-refractivity contribution in [2.24, 2.45) is 5.92 Å². The summed E-state index contributed by atoms with van der Waals surface area (Å²) < 4.78 is 5.57. The maximum absolute atomic E-state index is 5.57. The molecule has 0 saturated heterocycles. The lowest BCUT2D eigenvalue weighted by Gasteiger charge is -2.24. The van der Waals surface area contributed by atoms with E-state index in [4.69, 9.17) is 4.74 Å². The second-order valence-corrected chi connectivity index (χ2v) is 6.78. The van der Waals surface area contributed by atoms with Crippen LogP contribution in [0, 0.1) is 5.92 Å². The molecule has 98 valence electrons. The first-order chi connectivity index (χ1) is 8.83. The molecule has 1 unspecified atom stereocenters. The molecule has 0 N–H and O–H groups in total. The van der Waals surface area contributed by atoms with E-state index in [2.05, 4.69) is 34.1 Å². The molecule has 1 saturated carbocycles. The summed E-state index contributed by atoms with van der Waals surface area (Å²) in [6, 6.07) is 6.71. The lowest BCUT2D eigenvalue weighted by atomic mass is 9.85. The highest BCUT2D eigenvalue weighted by Crippen LogP contribution is 2.38. The van der Waals surface area contributed by atoms with Crippen molar-refractivity contribution in [3.8, 4) is 5.75 Å². The highest BCUT2D eigenvalue weighted by Gasteiger charge is 2.20. The quantitative estimate of drug-likeness (QED) is 0.712. The van der Waals surface area contributed by atoms with Gasteiger partial charge in [-0.3, -0.25) is 0 Å². The second kappa shape index (κ2) is 5.64. The van der Waals surface area contributed by atoms with Gasteiger partial charge in [-0.1, -0.05) is 60.2 Å². The van der Waals surface area contributed by atoms with Crippen LogP contribution in [0.4, 0.5) is 0 Å². The zero-order valence-corrected chi connectivity index (χ0v) is 12.4. The van der Waals surface area contributed by atoms with Gasteiger partial charge in [-0.05, 0) is 29.5 Å². The molecule has 1 atom stereocenters. The van der Waals surface area contributed by atoms with Gasteiger partial charge in [-0.15, -0.1) is 0 Å². The van der Waals surface area contributed by atoms with Gasteiger partial charge >= 0.3 is 0 Å². The summed E-state index contributed by atoms with van der Waals surface area (Å²) in [5.41, 5.74) is 2.82. The Hall–Kier alpha value is -0.500. The van der Waals surface area contributed by atoms with Crippen molar-refractivity contribution < 1.29 is 4.74 Å². The predicted molar refractivity (Wildman–Crippen MR) is 78.5 cm³/mol. The van der Waals surface area contributed by atoms with Crippen molar-refractivity contribution >= 4 is 15.9 Å². The van der Waals surface area contributed by atoms with Crippen molar-refractivity contribution in [1.29, 1.82) is 0 Å².